The van der Waals surface area contributed by atoms with Crippen molar-refractivity contribution in [2.45, 2.75) is 44.3 Å². The van der Waals surface area contributed by atoms with Crippen molar-refractivity contribution in [2.75, 3.05) is 18.4 Å². The highest BCUT2D eigenvalue weighted by Crippen LogP contribution is 2.29. The Morgan fingerprint density at radius 2 is 1.71 bits per heavy atom. The number of nitrogens with zero attached hydrogens (tertiary/aromatic N) is 3. The van der Waals surface area contributed by atoms with Crippen molar-refractivity contribution in [2.24, 2.45) is 0 Å². The number of H-pyrrole nitrogens is 1. The van der Waals surface area contributed by atoms with Gasteiger partial charge in [-0.25, -0.2) is 14.3 Å². The minimum Gasteiger partial charge on any atom is -0.475 e. The first-order valence-corrected chi connectivity index (χ1v) is 11.9. The molecule has 13 heteroatoms. The molecule has 0 radical (unpaired) electrons. The van der Waals surface area contributed by atoms with Crippen molar-refractivity contribution in [3.8, 4) is 11.6 Å². The van der Waals surface area contributed by atoms with Gasteiger partial charge in [0.1, 0.15) is 11.6 Å². The van der Waals surface area contributed by atoms with Gasteiger partial charge in [0.2, 0.25) is 0 Å². The summed E-state index contributed by atoms with van der Waals surface area (Å²) in [6.45, 7) is 2.17. The molecule has 1 aromatic heterocycles. The van der Waals surface area contributed by atoms with Gasteiger partial charge in [-0.15, -0.1) is 0 Å². The van der Waals surface area contributed by atoms with Gasteiger partial charge in [0.25, 0.3) is 11.8 Å². The number of carbonyl (C=O) groups excluding carboxylic acids is 1. The second-order valence-electron chi connectivity index (χ2n) is 8.91. The minimum absolute atomic E-state index is 0.0370. The summed E-state index contributed by atoms with van der Waals surface area (Å²) in [5.41, 5.74) is 3.46. The fourth-order valence-corrected chi connectivity index (χ4v) is 4.18. The van der Waals surface area contributed by atoms with Gasteiger partial charge in [0, 0.05) is 24.8 Å². The molecule has 9 nitrogen and oxygen atoms in total. The van der Waals surface area contributed by atoms with Gasteiger partial charge in [-0.2, -0.15) is 13.2 Å². The number of nitrogens with one attached hydrogen (secondary N) is 2. The zero-order valence-electron chi connectivity index (χ0n) is 20.1. The van der Waals surface area contributed by atoms with Crippen LogP contribution in [0.1, 0.15) is 40.9 Å². The van der Waals surface area contributed by atoms with Crippen molar-refractivity contribution >= 4 is 17.6 Å². The van der Waals surface area contributed by atoms with E-state index in [1.807, 2.05) is 6.07 Å². The molecular formula is C25H25F4N5O4. The van der Waals surface area contributed by atoms with Gasteiger partial charge < -0.3 is 15.2 Å². The van der Waals surface area contributed by atoms with E-state index in [1.165, 1.54) is 54.7 Å². The number of rotatable bonds is 5. The van der Waals surface area contributed by atoms with Crippen LogP contribution < -0.4 is 10.1 Å². The van der Waals surface area contributed by atoms with E-state index in [2.05, 4.69) is 37.8 Å². The maximum Gasteiger partial charge on any atom is 0.490 e. The number of halogens is 4. The zero-order valence-corrected chi connectivity index (χ0v) is 20.1. The predicted octanol–water partition coefficient (Wildman–Crippen LogP) is 4.57. The number of carbonyl (C=O) groups is 2. The fourth-order valence-electron chi connectivity index (χ4n) is 4.18. The first-order chi connectivity index (χ1) is 18.1. The summed E-state index contributed by atoms with van der Waals surface area (Å²) in [6, 6.07) is 12.3. The number of carboxylic acids is 1. The maximum absolute atomic E-state index is 13.1. The van der Waals surface area contributed by atoms with E-state index >= 15 is 0 Å². The summed E-state index contributed by atoms with van der Waals surface area (Å²) in [5.74, 6) is -3.12. The van der Waals surface area contributed by atoms with E-state index in [4.69, 9.17) is 14.6 Å². The van der Waals surface area contributed by atoms with Gasteiger partial charge in [-0.1, -0.05) is 22.8 Å². The number of amides is 1. The Labute approximate surface area is 214 Å². The summed E-state index contributed by atoms with van der Waals surface area (Å²) < 4.78 is 50.4. The average Bonchev–Trinajstić information content (AvgIpc) is 3.20. The molecule has 0 atom stereocenters. The van der Waals surface area contributed by atoms with Crippen molar-refractivity contribution in [1.29, 1.82) is 0 Å². The lowest BCUT2D eigenvalue weighted by Gasteiger charge is -2.36. The normalized spacial score (nSPS) is 15.8. The highest BCUT2D eigenvalue weighted by atomic mass is 19.4. The molecule has 0 saturated heterocycles. The molecule has 0 spiro atoms. The van der Waals surface area contributed by atoms with Crippen molar-refractivity contribution in [3.63, 3.8) is 0 Å². The van der Waals surface area contributed by atoms with Crippen LogP contribution >= 0.6 is 0 Å². The molecular weight excluding hydrogens is 510 g/mol. The van der Waals surface area contributed by atoms with Gasteiger partial charge in [-0.3, -0.25) is 9.69 Å². The molecule has 3 N–H and O–H groups in total. The first-order valence-electron chi connectivity index (χ1n) is 11.9. The summed E-state index contributed by atoms with van der Waals surface area (Å²) in [7, 11) is 0. The number of aromatic nitrogens is 3. The zero-order chi connectivity index (χ0) is 27.3. The van der Waals surface area contributed by atoms with Gasteiger partial charge >= 0.3 is 12.1 Å². The number of alkyl halides is 3. The summed E-state index contributed by atoms with van der Waals surface area (Å²) >= 11 is 0. The van der Waals surface area contributed by atoms with E-state index < -0.39 is 18.1 Å². The Morgan fingerprint density at radius 3 is 2.32 bits per heavy atom. The molecule has 38 heavy (non-hydrogen) atoms. The predicted molar refractivity (Wildman–Crippen MR) is 128 cm³/mol. The molecule has 3 aromatic rings. The minimum atomic E-state index is -5.08. The molecule has 1 saturated carbocycles. The Kier molecular flexibility index (Phi) is 8.25. The third kappa shape index (κ3) is 6.85. The van der Waals surface area contributed by atoms with Crippen LogP contribution in [0, 0.1) is 5.82 Å². The standard InChI is InChI=1S/C23H24FN5O2.C2HF3O2/c24-17-5-8-20(9-6-17)31-23-21(26-28-27-23)22(30)25-18-7-4-15-10-12-29(19-2-1-3-19)13-11-16(15)14-18;3-2(4,5)1(6)7/h4-9,14,19H,1-3,10-13H2,(H,25,30)(H,26,27,28);(H,6,7). The van der Waals surface area contributed by atoms with E-state index in [9.17, 15) is 22.4 Å². The number of aliphatic carboxylic acids is 1. The van der Waals surface area contributed by atoms with Gasteiger partial charge in [-0.05, 0) is 73.2 Å². The molecule has 202 valence electrons. The van der Waals surface area contributed by atoms with Crippen molar-refractivity contribution in [3.05, 3.63) is 65.1 Å². The van der Waals surface area contributed by atoms with Crippen LogP contribution in [-0.4, -0.2) is 62.6 Å². The first kappa shape index (κ1) is 27.0. The monoisotopic (exact) mass is 535 g/mol. The number of benzene rings is 2. The molecule has 1 aliphatic carbocycles. The van der Waals surface area contributed by atoms with Crippen LogP contribution in [-0.2, 0) is 17.6 Å². The number of aromatic amines is 1. The molecule has 0 unspecified atom stereocenters. The molecule has 2 aliphatic rings. The van der Waals surface area contributed by atoms with Crippen LogP contribution in [0.25, 0.3) is 0 Å². The fraction of sp³-hybridized carbons (Fsp3) is 0.360. The lowest BCUT2D eigenvalue weighted by molar-refractivity contribution is -0.192. The van der Waals surface area contributed by atoms with Crippen LogP contribution in [0.4, 0.5) is 23.2 Å². The molecule has 1 aliphatic heterocycles. The molecule has 2 aromatic carbocycles. The summed E-state index contributed by atoms with van der Waals surface area (Å²) in [6.07, 6.45) is 0.927. The van der Waals surface area contributed by atoms with Gasteiger partial charge in [0.15, 0.2) is 5.69 Å². The Morgan fingerprint density at radius 1 is 1.05 bits per heavy atom. The van der Waals surface area contributed by atoms with Gasteiger partial charge in [0.05, 0.1) is 0 Å². The molecule has 1 amide bonds. The SMILES string of the molecule is O=C(Nc1ccc2c(c1)CCN(C1CCC1)CC2)c1[nH]nnc1Oc1ccc(F)cc1.O=C(O)C(F)(F)F. The van der Waals surface area contributed by atoms with Crippen LogP contribution in [0.15, 0.2) is 42.5 Å². The Bertz CT molecular complexity index is 1280. The number of carboxylic acid groups (broad SMARTS) is 1. The topological polar surface area (TPSA) is 120 Å². The van der Waals surface area contributed by atoms with Crippen LogP contribution in [0.5, 0.6) is 11.6 Å². The number of ether oxygens (including phenoxy) is 1. The van der Waals surface area contributed by atoms with Crippen LogP contribution in [0.3, 0.4) is 0 Å². The highest BCUT2D eigenvalue weighted by molar-refractivity contribution is 6.04. The number of anilines is 1. The molecule has 1 fully saturated rings. The maximum atomic E-state index is 13.1. The van der Waals surface area contributed by atoms with Crippen molar-refractivity contribution < 1.29 is 37.0 Å². The third-order valence-corrected chi connectivity index (χ3v) is 6.41. The lowest BCUT2D eigenvalue weighted by Crippen LogP contribution is -2.41. The third-order valence-electron chi connectivity index (χ3n) is 6.41. The Balaban J connectivity index is 0.000000426. The summed E-state index contributed by atoms with van der Waals surface area (Å²) in [5, 5.41) is 20.1. The number of hydrogen-bond donors (Lipinski definition) is 3. The lowest BCUT2D eigenvalue weighted by atomic mass is 9.91. The number of hydrogen-bond acceptors (Lipinski definition) is 6. The Hall–Kier alpha value is -4.00. The second-order valence-corrected chi connectivity index (χ2v) is 8.91. The quantitative estimate of drug-likeness (QED) is 0.409. The van der Waals surface area contributed by atoms with Crippen molar-refractivity contribution in [1.82, 2.24) is 20.3 Å². The molecule has 2 heterocycles. The molecule has 0 bridgehead atoms. The summed E-state index contributed by atoms with van der Waals surface area (Å²) in [4.78, 5) is 24.3. The van der Waals surface area contributed by atoms with E-state index in [-0.39, 0.29) is 17.4 Å². The van der Waals surface area contributed by atoms with E-state index in [0.717, 1.165) is 37.7 Å². The largest absolute Gasteiger partial charge is 0.490 e. The average molecular weight is 535 g/mol. The number of fused-ring (bicyclic) bond motifs is 1. The highest BCUT2D eigenvalue weighted by Gasteiger charge is 2.38. The van der Waals surface area contributed by atoms with Crippen LogP contribution in [0.2, 0.25) is 0 Å². The molecule has 5 rings (SSSR count). The smallest absolute Gasteiger partial charge is 0.475 e. The van der Waals surface area contributed by atoms with E-state index in [1.54, 1.807) is 0 Å². The second kappa shape index (κ2) is 11.6. The van der Waals surface area contributed by atoms with E-state index in [0.29, 0.717) is 5.75 Å².